The third-order valence-electron chi connectivity index (χ3n) is 1.53. The Morgan fingerprint density at radius 3 is 2.43 bits per heavy atom. The van der Waals surface area contributed by atoms with E-state index < -0.39 is 21.3 Å². The highest BCUT2D eigenvalue weighted by Gasteiger charge is 2.24. The lowest BCUT2D eigenvalue weighted by Crippen LogP contribution is -2.13. The van der Waals surface area contributed by atoms with Crippen molar-refractivity contribution in [2.75, 3.05) is 0 Å². The third-order valence-corrected chi connectivity index (χ3v) is 4.49. The minimum Gasteiger partial charge on any atom is -0.385 e. The van der Waals surface area contributed by atoms with Crippen molar-refractivity contribution >= 4 is 21.3 Å². The molecule has 0 amide bonds. The first-order chi connectivity index (χ1) is 6.12. The van der Waals surface area contributed by atoms with E-state index in [-0.39, 0.29) is 4.21 Å². The van der Waals surface area contributed by atoms with Gasteiger partial charge in [0.2, 0.25) is 0 Å². The van der Waals surface area contributed by atoms with E-state index in [0.717, 1.165) is 17.4 Å². The van der Waals surface area contributed by atoms with Gasteiger partial charge in [-0.05, 0) is 19.9 Å². The Kier molecular flexibility index (Phi) is 2.70. The predicted molar refractivity (Wildman–Crippen MR) is 52.8 cm³/mol. The van der Waals surface area contributed by atoms with Crippen molar-refractivity contribution in [1.82, 2.24) is 0 Å². The zero-order valence-corrected chi connectivity index (χ0v) is 9.34. The highest BCUT2D eigenvalue weighted by molar-refractivity contribution is 7.92. The summed E-state index contributed by atoms with van der Waals surface area (Å²) in [6.07, 6.45) is 0. The molecule has 7 heteroatoms. The number of halogens is 1. The molecule has 0 aromatic carbocycles. The standard InChI is InChI=1S/C7H11FN2O2S2/c1-7(2,11)5-3-4(8)6(13-5)14(9,10)12/h3,11H,1-2H3,(H3,9,10,12). The summed E-state index contributed by atoms with van der Waals surface area (Å²) >= 11 is 0.760. The summed E-state index contributed by atoms with van der Waals surface area (Å²) in [6.45, 7) is 2.95. The van der Waals surface area contributed by atoms with Gasteiger partial charge in [0.15, 0.2) is 10.0 Å². The number of nitrogens with one attached hydrogen (secondary N) is 1. The largest absolute Gasteiger partial charge is 0.385 e. The molecule has 1 aromatic heterocycles. The van der Waals surface area contributed by atoms with Crippen LogP contribution in [0, 0.1) is 10.6 Å². The molecule has 0 spiro atoms. The van der Waals surface area contributed by atoms with Crippen LogP contribution >= 0.6 is 11.3 Å². The molecule has 0 saturated heterocycles. The van der Waals surface area contributed by atoms with Gasteiger partial charge in [-0.3, -0.25) is 0 Å². The van der Waals surface area contributed by atoms with E-state index >= 15 is 0 Å². The van der Waals surface area contributed by atoms with Gasteiger partial charge in [0, 0.05) is 4.88 Å². The molecular formula is C7H11FN2O2S2. The predicted octanol–water partition coefficient (Wildman–Crippen LogP) is 1.39. The fourth-order valence-corrected chi connectivity index (χ4v) is 2.74. The lowest BCUT2D eigenvalue weighted by molar-refractivity contribution is 0.0823. The van der Waals surface area contributed by atoms with Gasteiger partial charge in [0.05, 0.1) is 5.60 Å². The minimum atomic E-state index is -3.54. The van der Waals surface area contributed by atoms with Crippen molar-refractivity contribution in [1.29, 1.82) is 4.78 Å². The van der Waals surface area contributed by atoms with Crippen molar-refractivity contribution in [2.45, 2.75) is 23.7 Å². The smallest absolute Gasteiger partial charge is 0.152 e. The molecule has 0 aliphatic heterocycles. The molecule has 0 aliphatic rings. The molecule has 1 heterocycles. The van der Waals surface area contributed by atoms with Crippen LogP contribution in [0.3, 0.4) is 0 Å². The van der Waals surface area contributed by atoms with Crippen molar-refractivity contribution < 1.29 is 13.7 Å². The molecule has 1 aromatic rings. The summed E-state index contributed by atoms with van der Waals surface area (Å²) < 4.78 is 30.9. The van der Waals surface area contributed by atoms with Gasteiger partial charge in [-0.2, -0.15) is 0 Å². The maximum absolute atomic E-state index is 13.2. The van der Waals surface area contributed by atoms with E-state index in [9.17, 15) is 13.7 Å². The van der Waals surface area contributed by atoms with Crippen LogP contribution in [0.1, 0.15) is 18.7 Å². The van der Waals surface area contributed by atoms with Crippen LogP contribution < -0.4 is 5.14 Å². The van der Waals surface area contributed by atoms with Crippen molar-refractivity contribution in [3.8, 4) is 0 Å². The zero-order chi connectivity index (χ0) is 11.1. The monoisotopic (exact) mass is 238 g/mol. The molecule has 14 heavy (non-hydrogen) atoms. The number of nitrogens with two attached hydrogens (primary N) is 1. The molecule has 0 bridgehead atoms. The molecule has 4 N–H and O–H groups in total. The Bertz CT molecular complexity index is 445. The molecule has 0 unspecified atom stereocenters. The topological polar surface area (TPSA) is 87.2 Å². The zero-order valence-electron chi connectivity index (χ0n) is 7.70. The van der Waals surface area contributed by atoms with Gasteiger partial charge in [-0.1, -0.05) is 0 Å². The van der Waals surface area contributed by atoms with Gasteiger partial charge in [0.1, 0.15) is 9.92 Å². The summed E-state index contributed by atoms with van der Waals surface area (Å²) in [6, 6.07) is 1.06. The van der Waals surface area contributed by atoms with Crippen LogP contribution in [0.25, 0.3) is 0 Å². The van der Waals surface area contributed by atoms with Crippen LogP contribution in [0.15, 0.2) is 10.3 Å². The summed E-state index contributed by atoms with van der Waals surface area (Å²) in [5.74, 6) is -0.797. The number of thiophene rings is 1. The van der Waals surface area contributed by atoms with E-state index in [4.69, 9.17) is 9.92 Å². The lowest BCUT2D eigenvalue weighted by atomic mass is 10.1. The molecule has 0 saturated carbocycles. The quantitative estimate of drug-likeness (QED) is 0.727. The first kappa shape index (κ1) is 11.6. The summed E-state index contributed by atoms with van der Waals surface area (Å²) in [4.78, 5) is 0.301. The van der Waals surface area contributed by atoms with Gasteiger partial charge >= 0.3 is 0 Å². The molecular weight excluding hydrogens is 227 g/mol. The van der Waals surface area contributed by atoms with Crippen LogP contribution in [-0.2, 0) is 15.5 Å². The summed E-state index contributed by atoms with van der Waals surface area (Å²) in [7, 11) is -3.54. The number of rotatable bonds is 2. The Hall–Kier alpha value is -0.500. The minimum absolute atomic E-state index is 0.301. The Balaban J connectivity index is 3.33. The Morgan fingerprint density at radius 2 is 2.21 bits per heavy atom. The Labute approximate surface area is 85.7 Å². The number of aliphatic hydroxyl groups is 1. The first-order valence-electron chi connectivity index (χ1n) is 3.71. The van der Waals surface area contributed by atoms with Crippen molar-refractivity contribution in [2.24, 2.45) is 5.14 Å². The second-order valence-corrected chi connectivity index (χ2v) is 6.33. The maximum atomic E-state index is 13.2. The molecule has 4 nitrogen and oxygen atoms in total. The molecule has 1 rings (SSSR count). The lowest BCUT2D eigenvalue weighted by Gasteiger charge is -2.13. The van der Waals surface area contributed by atoms with E-state index in [1.165, 1.54) is 13.8 Å². The SMILES string of the molecule is CC(C)(O)c1cc(F)c([S@@](=N)(N)=O)s1. The molecule has 80 valence electrons. The molecule has 1 atom stereocenters. The van der Waals surface area contributed by atoms with Crippen molar-refractivity contribution in [3.05, 3.63) is 16.8 Å². The molecule has 0 radical (unpaired) electrons. The second kappa shape index (κ2) is 3.27. The molecule has 0 fully saturated rings. The first-order valence-corrected chi connectivity index (χ1v) is 6.15. The van der Waals surface area contributed by atoms with Gasteiger partial charge in [0.25, 0.3) is 0 Å². The highest BCUT2D eigenvalue weighted by Crippen LogP contribution is 2.32. The van der Waals surface area contributed by atoms with Crippen molar-refractivity contribution in [3.63, 3.8) is 0 Å². The van der Waals surface area contributed by atoms with E-state index in [2.05, 4.69) is 0 Å². The third kappa shape index (κ3) is 2.30. The van der Waals surface area contributed by atoms with Crippen LogP contribution in [0.2, 0.25) is 0 Å². The van der Waals surface area contributed by atoms with E-state index in [1.54, 1.807) is 0 Å². The Morgan fingerprint density at radius 1 is 1.71 bits per heavy atom. The highest BCUT2D eigenvalue weighted by atomic mass is 32.2. The fourth-order valence-electron chi connectivity index (χ4n) is 0.860. The van der Waals surface area contributed by atoms with Crippen LogP contribution in [0.5, 0.6) is 0 Å². The normalized spacial score (nSPS) is 16.6. The summed E-state index contributed by atoms with van der Waals surface area (Å²) in [5.41, 5.74) is -1.21. The average molecular weight is 238 g/mol. The number of hydrogen-bond donors (Lipinski definition) is 3. The van der Waals surface area contributed by atoms with Gasteiger partial charge in [-0.15, -0.1) is 11.3 Å². The van der Waals surface area contributed by atoms with E-state index in [0.29, 0.717) is 4.88 Å². The second-order valence-electron chi connectivity index (χ2n) is 3.41. The molecule has 0 aliphatic carbocycles. The average Bonchev–Trinajstić information content (AvgIpc) is 2.27. The van der Waals surface area contributed by atoms with Gasteiger partial charge < -0.3 is 5.11 Å². The maximum Gasteiger partial charge on any atom is 0.152 e. The fraction of sp³-hybridized carbons (Fsp3) is 0.429. The van der Waals surface area contributed by atoms with E-state index in [1.807, 2.05) is 0 Å². The summed E-state index contributed by atoms with van der Waals surface area (Å²) in [5, 5.41) is 14.5. The number of hydrogen-bond acceptors (Lipinski definition) is 4. The van der Waals surface area contributed by atoms with Crippen LogP contribution in [0.4, 0.5) is 4.39 Å². The van der Waals surface area contributed by atoms with Gasteiger partial charge in [-0.25, -0.2) is 18.5 Å². The van der Waals surface area contributed by atoms with Crippen LogP contribution in [-0.4, -0.2) is 9.32 Å².